The number of nitrogens with two attached hydrogens (primary N) is 1. The van der Waals surface area contributed by atoms with Gasteiger partial charge in [-0.2, -0.15) is 5.10 Å². The zero-order chi connectivity index (χ0) is 12.2. The van der Waals surface area contributed by atoms with E-state index in [1.807, 2.05) is 0 Å². The minimum absolute atomic E-state index is 0.456. The van der Waals surface area contributed by atoms with Gasteiger partial charge >= 0.3 is 5.97 Å². The molecule has 0 aliphatic rings. The highest BCUT2D eigenvalue weighted by atomic mass is 35.5. The van der Waals surface area contributed by atoms with Gasteiger partial charge in [0.25, 0.3) is 0 Å². The number of halogens is 1. The number of aromatic nitrogens is 2. The van der Waals surface area contributed by atoms with Crippen LogP contribution >= 0.6 is 11.6 Å². The molecule has 0 aliphatic heterocycles. The van der Waals surface area contributed by atoms with Gasteiger partial charge in [0.2, 0.25) is 0 Å². The molecule has 1 atom stereocenters. The first-order valence-electron chi connectivity index (χ1n) is 5.12. The van der Waals surface area contributed by atoms with E-state index in [-0.39, 0.29) is 0 Å². The summed E-state index contributed by atoms with van der Waals surface area (Å²) in [5.41, 5.74) is 4.46. The molecule has 0 aliphatic carbocycles. The number of aliphatic carboxylic acids is 1. The predicted octanol–water partition coefficient (Wildman–Crippen LogP) is 1.51. The first-order valence-corrected chi connectivity index (χ1v) is 5.50. The number of hydrogen-bond acceptors (Lipinski definition) is 3. The van der Waals surface area contributed by atoms with E-state index < -0.39 is 11.5 Å². The van der Waals surface area contributed by atoms with E-state index in [4.69, 9.17) is 22.4 Å². The smallest absolute Gasteiger partial charge is 0.323 e. The molecule has 1 heterocycles. The first-order chi connectivity index (χ1) is 7.42. The van der Waals surface area contributed by atoms with Crippen molar-refractivity contribution in [2.45, 2.75) is 38.3 Å². The summed E-state index contributed by atoms with van der Waals surface area (Å²) >= 11 is 5.71. The molecule has 0 bridgehead atoms. The number of rotatable bonds is 6. The van der Waals surface area contributed by atoms with Crippen LogP contribution in [0.4, 0.5) is 0 Å². The van der Waals surface area contributed by atoms with E-state index in [1.54, 1.807) is 17.1 Å². The van der Waals surface area contributed by atoms with E-state index in [0.717, 1.165) is 19.4 Å². The molecule has 5 nitrogen and oxygen atoms in total. The summed E-state index contributed by atoms with van der Waals surface area (Å²) in [7, 11) is 0. The van der Waals surface area contributed by atoms with Crippen molar-refractivity contribution >= 4 is 17.6 Å². The van der Waals surface area contributed by atoms with Gasteiger partial charge in [0.15, 0.2) is 0 Å². The molecule has 0 saturated carbocycles. The average molecular weight is 246 g/mol. The number of hydrogen-bond donors (Lipinski definition) is 2. The Morgan fingerprint density at radius 3 is 2.88 bits per heavy atom. The lowest BCUT2D eigenvalue weighted by molar-refractivity contribution is -0.142. The lowest BCUT2D eigenvalue weighted by atomic mass is 9.96. The van der Waals surface area contributed by atoms with Gasteiger partial charge in [-0.05, 0) is 26.2 Å². The summed E-state index contributed by atoms with van der Waals surface area (Å²) in [5, 5.41) is 13.4. The average Bonchev–Trinajstić information content (AvgIpc) is 2.59. The van der Waals surface area contributed by atoms with Crippen molar-refractivity contribution < 1.29 is 9.90 Å². The summed E-state index contributed by atoms with van der Waals surface area (Å²) in [6.45, 7) is 2.25. The molecule has 90 valence electrons. The van der Waals surface area contributed by atoms with Crippen LogP contribution in [0, 0.1) is 0 Å². The number of carbonyl (C=O) groups is 1. The molecule has 0 fully saturated rings. The number of carboxylic acids is 1. The Morgan fingerprint density at radius 1 is 1.69 bits per heavy atom. The van der Waals surface area contributed by atoms with Crippen molar-refractivity contribution in [1.29, 1.82) is 0 Å². The second-order valence-corrected chi connectivity index (χ2v) is 4.54. The van der Waals surface area contributed by atoms with E-state index in [1.165, 1.54) is 6.92 Å². The SMILES string of the molecule is CC(N)(CCCCn1cc(Cl)cn1)C(=O)O. The molecule has 3 N–H and O–H groups in total. The third-order valence-electron chi connectivity index (χ3n) is 2.42. The standard InChI is InChI=1S/C10H16ClN3O2/c1-10(12,9(15)16)4-2-3-5-14-7-8(11)6-13-14/h6-7H,2-5,12H2,1H3,(H,15,16). The normalized spacial score (nSPS) is 14.7. The van der Waals surface area contributed by atoms with Crippen molar-refractivity contribution in [3.63, 3.8) is 0 Å². The molecule has 0 spiro atoms. The highest BCUT2D eigenvalue weighted by Crippen LogP contribution is 2.12. The minimum Gasteiger partial charge on any atom is -0.480 e. The molecule has 0 saturated heterocycles. The lowest BCUT2D eigenvalue weighted by Gasteiger charge is -2.18. The molecule has 1 aromatic rings. The van der Waals surface area contributed by atoms with Crippen molar-refractivity contribution in [3.8, 4) is 0 Å². The van der Waals surface area contributed by atoms with Crippen LogP contribution in [0.25, 0.3) is 0 Å². The molecule has 16 heavy (non-hydrogen) atoms. The van der Waals surface area contributed by atoms with E-state index in [0.29, 0.717) is 11.4 Å². The third kappa shape index (κ3) is 3.83. The predicted molar refractivity (Wildman–Crippen MR) is 61.3 cm³/mol. The molecule has 0 aromatic carbocycles. The van der Waals surface area contributed by atoms with Crippen LogP contribution in [-0.2, 0) is 11.3 Å². The quantitative estimate of drug-likeness (QED) is 0.745. The Hall–Kier alpha value is -1.07. The molecule has 1 unspecified atom stereocenters. The summed E-state index contributed by atoms with van der Waals surface area (Å²) in [4.78, 5) is 10.7. The minimum atomic E-state index is -1.14. The molecule has 6 heteroatoms. The Morgan fingerprint density at radius 2 is 2.38 bits per heavy atom. The van der Waals surface area contributed by atoms with Crippen molar-refractivity contribution in [2.75, 3.05) is 0 Å². The maximum absolute atomic E-state index is 10.7. The highest BCUT2D eigenvalue weighted by molar-refractivity contribution is 6.30. The maximum Gasteiger partial charge on any atom is 0.323 e. The van der Waals surface area contributed by atoms with Crippen LogP contribution in [0.15, 0.2) is 12.4 Å². The van der Waals surface area contributed by atoms with Crippen LogP contribution < -0.4 is 5.73 Å². The van der Waals surface area contributed by atoms with Gasteiger partial charge in [-0.1, -0.05) is 11.6 Å². The molecule has 0 radical (unpaired) electrons. The number of nitrogens with zero attached hydrogens (tertiary/aromatic N) is 2. The van der Waals surface area contributed by atoms with Crippen LogP contribution in [0.1, 0.15) is 26.2 Å². The van der Waals surface area contributed by atoms with Crippen LogP contribution in [0.5, 0.6) is 0 Å². The first kappa shape index (κ1) is 13.0. The molecule has 1 rings (SSSR count). The van der Waals surface area contributed by atoms with Gasteiger partial charge in [0.05, 0.1) is 11.2 Å². The van der Waals surface area contributed by atoms with Gasteiger partial charge in [0.1, 0.15) is 5.54 Å². The summed E-state index contributed by atoms with van der Waals surface area (Å²) in [5.74, 6) is -0.963. The van der Waals surface area contributed by atoms with Crippen molar-refractivity contribution in [1.82, 2.24) is 9.78 Å². The van der Waals surface area contributed by atoms with Gasteiger partial charge in [-0.15, -0.1) is 0 Å². The molecule has 1 aromatic heterocycles. The topological polar surface area (TPSA) is 81.1 Å². The highest BCUT2D eigenvalue weighted by Gasteiger charge is 2.26. The van der Waals surface area contributed by atoms with E-state index in [2.05, 4.69) is 5.10 Å². The summed E-state index contributed by atoms with van der Waals surface area (Å²) < 4.78 is 1.73. The monoisotopic (exact) mass is 245 g/mol. The largest absolute Gasteiger partial charge is 0.480 e. The van der Waals surface area contributed by atoms with E-state index >= 15 is 0 Å². The molecule has 0 amide bonds. The molecular weight excluding hydrogens is 230 g/mol. The number of unbranched alkanes of at least 4 members (excludes halogenated alkanes) is 1. The van der Waals surface area contributed by atoms with Gasteiger partial charge < -0.3 is 10.8 Å². The zero-order valence-electron chi connectivity index (χ0n) is 9.19. The Labute approximate surface area is 99.2 Å². The number of aryl methyl sites for hydroxylation is 1. The summed E-state index contributed by atoms with van der Waals surface area (Å²) in [6.07, 6.45) is 5.35. The maximum atomic E-state index is 10.7. The van der Waals surface area contributed by atoms with Gasteiger partial charge in [-0.3, -0.25) is 9.48 Å². The Bertz CT molecular complexity index is 363. The van der Waals surface area contributed by atoms with Crippen molar-refractivity contribution in [3.05, 3.63) is 17.4 Å². The van der Waals surface area contributed by atoms with E-state index in [9.17, 15) is 4.79 Å². The lowest BCUT2D eigenvalue weighted by Crippen LogP contribution is -2.44. The van der Waals surface area contributed by atoms with Gasteiger partial charge in [-0.25, -0.2) is 0 Å². The Kier molecular flexibility index (Phi) is 4.32. The fourth-order valence-corrected chi connectivity index (χ4v) is 1.49. The van der Waals surface area contributed by atoms with Crippen LogP contribution in [0.2, 0.25) is 5.02 Å². The second kappa shape index (κ2) is 5.32. The van der Waals surface area contributed by atoms with Crippen LogP contribution in [-0.4, -0.2) is 26.4 Å². The zero-order valence-corrected chi connectivity index (χ0v) is 9.94. The number of carboxylic acid groups (broad SMARTS) is 1. The summed E-state index contributed by atoms with van der Waals surface area (Å²) in [6, 6.07) is 0. The van der Waals surface area contributed by atoms with Crippen molar-refractivity contribution in [2.24, 2.45) is 5.73 Å². The van der Waals surface area contributed by atoms with Crippen LogP contribution in [0.3, 0.4) is 0 Å². The second-order valence-electron chi connectivity index (χ2n) is 4.10. The Balaban J connectivity index is 2.24. The third-order valence-corrected chi connectivity index (χ3v) is 2.62. The molecular formula is C10H16ClN3O2. The fourth-order valence-electron chi connectivity index (χ4n) is 1.33. The van der Waals surface area contributed by atoms with Gasteiger partial charge in [0, 0.05) is 12.7 Å². The fraction of sp³-hybridized carbons (Fsp3) is 0.600.